The van der Waals surface area contributed by atoms with Crippen molar-refractivity contribution in [3.05, 3.63) is 29.3 Å². The predicted molar refractivity (Wildman–Crippen MR) is 76.4 cm³/mol. The molecule has 0 unspecified atom stereocenters. The summed E-state index contributed by atoms with van der Waals surface area (Å²) in [6, 6.07) is 4.54. The molecule has 1 N–H and O–H groups in total. The van der Waals surface area contributed by atoms with Gasteiger partial charge in [0, 0.05) is 25.3 Å². The Morgan fingerprint density at radius 1 is 1.24 bits per heavy atom. The lowest BCUT2D eigenvalue weighted by atomic mass is 10.1. The minimum Gasteiger partial charge on any atom is -0.372 e. The second-order valence-corrected chi connectivity index (χ2v) is 5.54. The maximum atomic E-state index is 13.3. The molecule has 1 fully saturated rings. The summed E-state index contributed by atoms with van der Waals surface area (Å²) in [5.74, 6) is 0. The lowest BCUT2D eigenvalue weighted by Crippen LogP contribution is -2.46. The molecule has 1 aliphatic rings. The maximum Gasteiger partial charge on any atom is 0.418 e. The summed E-state index contributed by atoms with van der Waals surface area (Å²) in [6.07, 6.45) is -4.51. The summed E-state index contributed by atoms with van der Waals surface area (Å²) in [7, 11) is 1.71. The van der Waals surface area contributed by atoms with E-state index in [0.29, 0.717) is 25.2 Å². The molecule has 0 spiro atoms. The number of nitrogens with zero attached hydrogens (tertiary/aromatic N) is 1. The summed E-state index contributed by atoms with van der Waals surface area (Å²) < 4.78 is 45.6. The van der Waals surface area contributed by atoms with Crippen LogP contribution in [0.15, 0.2) is 18.2 Å². The standard InChI is InChI=1S/C15H21F3N2O/c1-10-8-20(9-11(2)21-10)14-5-4-12(7-19-3)6-13(14)15(16,17)18/h4-6,10-11,19H,7-9H2,1-3H3/t10-,11+. The number of hydrogen-bond donors (Lipinski definition) is 1. The van der Waals surface area contributed by atoms with Crippen molar-refractivity contribution >= 4 is 5.69 Å². The zero-order chi connectivity index (χ0) is 15.6. The zero-order valence-electron chi connectivity index (χ0n) is 12.5. The van der Waals surface area contributed by atoms with E-state index in [1.807, 2.05) is 13.8 Å². The Bertz CT molecular complexity index is 480. The summed E-state index contributed by atoms with van der Waals surface area (Å²) >= 11 is 0. The summed E-state index contributed by atoms with van der Waals surface area (Å²) in [6.45, 7) is 5.12. The molecule has 1 aromatic carbocycles. The molecular formula is C15H21F3N2O. The van der Waals surface area contributed by atoms with Gasteiger partial charge in [-0.05, 0) is 38.6 Å². The van der Waals surface area contributed by atoms with Gasteiger partial charge in [0.25, 0.3) is 0 Å². The molecule has 0 saturated carbocycles. The number of halogens is 3. The van der Waals surface area contributed by atoms with Gasteiger partial charge in [-0.1, -0.05) is 6.07 Å². The van der Waals surface area contributed by atoms with Crippen LogP contribution in [0.1, 0.15) is 25.0 Å². The highest BCUT2D eigenvalue weighted by Crippen LogP contribution is 2.38. The summed E-state index contributed by atoms with van der Waals surface area (Å²) in [5.41, 5.74) is 0.295. The van der Waals surface area contributed by atoms with Gasteiger partial charge in [0.05, 0.1) is 17.8 Å². The molecule has 3 nitrogen and oxygen atoms in total. The third-order valence-electron chi connectivity index (χ3n) is 3.51. The number of anilines is 1. The Balaban J connectivity index is 2.37. The second kappa shape index (κ2) is 6.23. The minimum absolute atomic E-state index is 0.0770. The number of nitrogens with one attached hydrogen (secondary N) is 1. The molecule has 0 radical (unpaired) electrons. The van der Waals surface area contributed by atoms with Gasteiger partial charge < -0.3 is 15.0 Å². The van der Waals surface area contributed by atoms with Crippen molar-refractivity contribution in [2.24, 2.45) is 0 Å². The largest absolute Gasteiger partial charge is 0.418 e. The molecule has 0 amide bonds. The van der Waals surface area contributed by atoms with Crippen molar-refractivity contribution in [2.45, 2.75) is 38.8 Å². The lowest BCUT2D eigenvalue weighted by Gasteiger charge is -2.38. The first-order valence-electron chi connectivity index (χ1n) is 7.06. The molecule has 1 aliphatic heterocycles. The number of morpholine rings is 1. The van der Waals surface area contributed by atoms with Crippen LogP contribution in [0.4, 0.5) is 18.9 Å². The third kappa shape index (κ3) is 3.89. The molecule has 0 aliphatic carbocycles. The van der Waals surface area contributed by atoms with Gasteiger partial charge >= 0.3 is 6.18 Å². The van der Waals surface area contributed by atoms with E-state index >= 15 is 0 Å². The second-order valence-electron chi connectivity index (χ2n) is 5.54. The molecule has 1 saturated heterocycles. The molecule has 21 heavy (non-hydrogen) atoms. The van der Waals surface area contributed by atoms with Crippen LogP contribution in [-0.4, -0.2) is 32.3 Å². The van der Waals surface area contributed by atoms with Crippen LogP contribution < -0.4 is 10.2 Å². The zero-order valence-corrected chi connectivity index (χ0v) is 12.5. The van der Waals surface area contributed by atoms with Crippen LogP contribution in [0.25, 0.3) is 0 Å². The van der Waals surface area contributed by atoms with Crippen molar-refractivity contribution in [1.82, 2.24) is 5.32 Å². The SMILES string of the molecule is CNCc1ccc(N2C[C@@H](C)O[C@@H](C)C2)c(C(F)(F)F)c1. The first-order chi connectivity index (χ1) is 9.81. The average Bonchev–Trinajstić information content (AvgIpc) is 2.37. The van der Waals surface area contributed by atoms with E-state index < -0.39 is 11.7 Å². The first kappa shape index (κ1) is 16.1. The number of alkyl halides is 3. The van der Waals surface area contributed by atoms with E-state index in [2.05, 4.69) is 5.32 Å². The number of benzene rings is 1. The van der Waals surface area contributed by atoms with Gasteiger partial charge in [-0.2, -0.15) is 13.2 Å². The Kier molecular flexibility index (Phi) is 4.78. The predicted octanol–water partition coefficient (Wildman–Crippen LogP) is 3.04. The molecule has 0 bridgehead atoms. The van der Waals surface area contributed by atoms with Gasteiger partial charge in [0.2, 0.25) is 0 Å². The fourth-order valence-electron chi connectivity index (χ4n) is 2.77. The lowest BCUT2D eigenvalue weighted by molar-refractivity contribution is -0.137. The van der Waals surface area contributed by atoms with Crippen LogP contribution in [-0.2, 0) is 17.5 Å². The monoisotopic (exact) mass is 302 g/mol. The molecule has 1 aromatic rings. The smallest absolute Gasteiger partial charge is 0.372 e. The fourth-order valence-corrected chi connectivity index (χ4v) is 2.77. The van der Waals surface area contributed by atoms with Gasteiger partial charge in [-0.25, -0.2) is 0 Å². The third-order valence-corrected chi connectivity index (χ3v) is 3.51. The normalized spacial score (nSPS) is 23.4. The minimum atomic E-state index is -4.36. The molecule has 6 heteroatoms. The van der Waals surface area contributed by atoms with Gasteiger partial charge in [0.1, 0.15) is 0 Å². The van der Waals surface area contributed by atoms with Crippen LogP contribution in [0.5, 0.6) is 0 Å². The van der Waals surface area contributed by atoms with Crippen molar-refractivity contribution < 1.29 is 17.9 Å². The van der Waals surface area contributed by atoms with E-state index in [9.17, 15) is 13.2 Å². The average molecular weight is 302 g/mol. The first-order valence-corrected chi connectivity index (χ1v) is 7.06. The van der Waals surface area contributed by atoms with E-state index in [0.717, 1.165) is 0 Å². The topological polar surface area (TPSA) is 24.5 Å². The summed E-state index contributed by atoms with van der Waals surface area (Å²) in [5, 5.41) is 2.87. The van der Waals surface area contributed by atoms with Crippen molar-refractivity contribution in [3.63, 3.8) is 0 Å². The van der Waals surface area contributed by atoms with E-state index in [1.54, 1.807) is 24.1 Å². The molecule has 0 aromatic heterocycles. The highest BCUT2D eigenvalue weighted by molar-refractivity contribution is 5.57. The van der Waals surface area contributed by atoms with E-state index in [1.165, 1.54) is 6.07 Å². The van der Waals surface area contributed by atoms with Gasteiger partial charge in [0.15, 0.2) is 0 Å². The Labute approximate surface area is 123 Å². The van der Waals surface area contributed by atoms with Crippen molar-refractivity contribution in [2.75, 3.05) is 25.0 Å². The number of hydrogen-bond acceptors (Lipinski definition) is 3. The molecule has 2 rings (SSSR count). The highest BCUT2D eigenvalue weighted by atomic mass is 19.4. The maximum absolute atomic E-state index is 13.3. The quantitative estimate of drug-likeness (QED) is 0.929. The van der Waals surface area contributed by atoms with E-state index in [-0.39, 0.29) is 17.9 Å². The fraction of sp³-hybridized carbons (Fsp3) is 0.600. The van der Waals surface area contributed by atoms with Crippen LogP contribution >= 0.6 is 0 Å². The number of ether oxygens (including phenoxy) is 1. The van der Waals surface area contributed by atoms with Crippen LogP contribution in [0.3, 0.4) is 0 Å². The molecule has 1 heterocycles. The highest BCUT2D eigenvalue weighted by Gasteiger charge is 2.36. The Morgan fingerprint density at radius 3 is 2.38 bits per heavy atom. The number of rotatable bonds is 3. The van der Waals surface area contributed by atoms with Gasteiger partial charge in [-0.3, -0.25) is 0 Å². The van der Waals surface area contributed by atoms with E-state index in [4.69, 9.17) is 4.74 Å². The Morgan fingerprint density at radius 2 is 1.86 bits per heavy atom. The van der Waals surface area contributed by atoms with Crippen LogP contribution in [0.2, 0.25) is 0 Å². The molecule has 2 atom stereocenters. The molecular weight excluding hydrogens is 281 g/mol. The van der Waals surface area contributed by atoms with Crippen molar-refractivity contribution in [3.8, 4) is 0 Å². The van der Waals surface area contributed by atoms with Crippen LogP contribution in [0, 0.1) is 0 Å². The van der Waals surface area contributed by atoms with Gasteiger partial charge in [-0.15, -0.1) is 0 Å². The summed E-state index contributed by atoms with van der Waals surface area (Å²) in [4.78, 5) is 1.77. The van der Waals surface area contributed by atoms with Crippen molar-refractivity contribution in [1.29, 1.82) is 0 Å². The Hall–Kier alpha value is -1.27. The molecule has 118 valence electrons.